The zero-order chi connectivity index (χ0) is 15.4. The number of terminal acetylenes is 1. The van der Waals surface area contributed by atoms with E-state index < -0.39 is 0 Å². The van der Waals surface area contributed by atoms with Crippen LogP contribution >= 0.6 is 0 Å². The molecule has 0 saturated carbocycles. The number of nitrogens with zero attached hydrogens (tertiary/aromatic N) is 3. The lowest BCUT2D eigenvalue weighted by Crippen LogP contribution is -2.02. The van der Waals surface area contributed by atoms with Crippen LogP contribution in [-0.2, 0) is 0 Å². The monoisotopic (exact) mass is 282 g/mol. The Kier molecular flexibility index (Phi) is 4.39. The molecule has 1 N–H and O–H groups in total. The molecule has 5 nitrogen and oxygen atoms in total. The van der Waals surface area contributed by atoms with Crippen molar-refractivity contribution in [3.63, 3.8) is 0 Å². The van der Waals surface area contributed by atoms with Crippen molar-refractivity contribution in [1.29, 1.82) is 0 Å². The third-order valence-electron chi connectivity index (χ3n) is 3.00. The van der Waals surface area contributed by atoms with E-state index >= 15 is 0 Å². The van der Waals surface area contributed by atoms with Crippen LogP contribution in [0.1, 0.15) is 36.8 Å². The molecule has 0 fully saturated rings. The Balaban J connectivity index is 2.45. The van der Waals surface area contributed by atoms with Gasteiger partial charge in [-0.25, -0.2) is 15.0 Å². The molecule has 2 aromatic heterocycles. The standard InChI is InChI=1S/C16H18N4O/c1-6-12-7-14(13(8-19-12)10(2)3)21-15-9-18-11(4)20-16(15)17-5/h1,7-10H,2-5H3,(H,17,18,20). The van der Waals surface area contributed by atoms with Gasteiger partial charge < -0.3 is 10.1 Å². The van der Waals surface area contributed by atoms with Crippen LogP contribution in [-0.4, -0.2) is 22.0 Å². The lowest BCUT2D eigenvalue weighted by Gasteiger charge is -2.15. The van der Waals surface area contributed by atoms with E-state index in [0.717, 1.165) is 5.56 Å². The summed E-state index contributed by atoms with van der Waals surface area (Å²) in [4.78, 5) is 12.7. The Hall–Kier alpha value is -2.61. The molecule has 5 heteroatoms. The van der Waals surface area contributed by atoms with Crippen LogP contribution in [0.3, 0.4) is 0 Å². The fourth-order valence-corrected chi connectivity index (χ4v) is 1.88. The van der Waals surface area contributed by atoms with Crippen LogP contribution in [0.15, 0.2) is 18.5 Å². The third kappa shape index (κ3) is 3.29. The van der Waals surface area contributed by atoms with Gasteiger partial charge in [-0.15, -0.1) is 6.42 Å². The SMILES string of the molecule is C#Cc1cc(Oc2cnc(C)nc2NC)c(C(C)C)cn1. The summed E-state index contributed by atoms with van der Waals surface area (Å²) >= 11 is 0. The van der Waals surface area contributed by atoms with Gasteiger partial charge in [-0.2, -0.15) is 0 Å². The Bertz CT molecular complexity index is 689. The summed E-state index contributed by atoms with van der Waals surface area (Å²) in [6.07, 6.45) is 8.81. The molecule has 0 unspecified atom stereocenters. The van der Waals surface area contributed by atoms with Crippen molar-refractivity contribution in [2.75, 3.05) is 12.4 Å². The fourth-order valence-electron chi connectivity index (χ4n) is 1.88. The maximum Gasteiger partial charge on any atom is 0.187 e. The largest absolute Gasteiger partial charge is 0.451 e. The third-order valence-corrected chi connectivity index (χ3v) is 3.00. The number of rotatable bonds is 4. The van der Waals surface area contributed by atoms with Gasteiger partial charge in [0.1, 0.15) is 17.3 Å². The average molecular weight is 282 g/mol. The minimum atomic E-state index is 0.267. The van der Waals surface area contributed by atoms with Gasteiger partial charge in [0, 0.05) is 24.9 Å². The second-order valence-corrected chi connectivity index (χ2v) is 4.89. The first-order valence-corrected chi connectivity index (χ1v) is 6.71. The first-order chi connectivity index (χ1) is 10.0. The summed E-state index contributed by atoms with van der Waals surface area (Å²) in [5.41, 5.74) is 1.52. The van der Waals surface area contributed by atoms with Gasteiger partial charge in [0.25, 0.3) is 0 Å². The van der Waals surface area contributed by atoms with E-state index in [-0.39, 0.29) is 5.92 Å². The Morgan fingerprint density at radius 1 is 1.24 bits per heavy atom. The number of anilines is 1. The van der Waals surface area contributed by atoms with Crippen LogP contribution in [0.25, 0.3) is 0 Å². The second kappa shape index (κ2) is 6.23. The highest BCUT2D eigenvalue weighted by molar-refractivity contribution is 5.52. The lowest BCUT2D eigenvalue weighted by molar-refractivity contribution is 0.468. The molecule has 21 heavy (non-hydrogen) atoms. The molecule has 0 amide bonds. The van der Waals surface area contributed by atoms with Crippen LogP contribution in [0.5, 0.6) is 11.5 Å². The van der Waals surface area contributed by atoms with Crippen LogP contribution in [0.2, 0.25) is 0 Å². The molecule has 0 aliphatic rings. The zero-order valence-corrected chi connectivity index (χ0v) is 12.6. The molecule has 108 valence electrons. The van der Waals surface area contributed by atoms with Crippen molar-refractivity contribution in [2.45, 2.75) is 26.7 Å². The molecule has 0 aliphatic carbocycles. The number of nitrogens with one attached hydrogen (secondary N) is 1. The van der Waals surface area contributed by atoms with Gasteiger partial charge in [-0.05, 0) is 12.8 Å². The Morgan fingerprint density at radius 2 is 2.00 bits per heavy atom. The first-order valence-electron chi connectivity index (χ1n) is 6.71. The van der Waals surface area contributed by atoms with Crippen molar-refractivity contribution in [3.05, 3.63) is 35.5 Å². The number of hydrogen-bond acceptors (Lipinski definition) is 5. The van der Waals surface area contributed by atoms with Crippen molar-refractivity contribution < 1.29 is 4.74 Å². The molecule has 0 spiro atoms. The van der Waals surface area contributed by atoms with E-state index in [1.807, 2.05) is 6.92 Å². The van der Waals surface area contributed by atoms with Crippen LogP contribution in [0, 0.1) is 19.3 Å². The summed E-state index contributed by atoms with van der Waals surface area (Å²) in [5.74, 6) is 5.33. The van der Waals surface area contributed by atoms with E-state index in [4.69, 9.17) is 11.2 Å². The minimum Gasteiger partial charge on any atom is -0.451 e. The minimum absolute atomic E-state index is 0.267. The highest BCUT2D eigenvalue weighted by Gasteiger charge is 2.13. The second-order valence-electron chi connectivity index (χ2n) is 4.89. The predicted molar refractivity (Wildman–Crippen MR) is 82.7 cm³/mol. The molecular weight excluding hydrogens is 264 g/mol. The molecule has 2 aromatic rings. The van der Waals surface area contributed by atoms with Gasteiger partial charge >= 0.3 is 0 Å². The maximum atomic E-state index is 5.97. The highest BCUT2D eigenvalue weighted by Crippen LogP contribution is 2.33. The quantitative estimate of drug-likeness (QED) is 0.873. The van der Waals surface area contributed by atoms with Crippen molar-refractivity contribution in [2.24, 2.45) is 0 Å². The summed E-state index contributed by atoms with van der Waals surface area (Å²) < 4.78 is 5.97. The first kappa shape index (κ1) is 14.8. The number of aryl methyl sites for hydroxylation is 1. The summed E-state index contributed by atoms with van der Waals surface area (Å²) in [6, 6.07) is 1.76. The topological polar surface area (TPSA) is 59.9 Å². The molecule has 2 rings (SSSR count). The normalized spacial score (nSPS) is 10.3. The van der Waals surface area contributed by atoms with Gasteiger partial charge in [0.15, 0.2) is 11.6 Å². The maximum absolute atomic E-state index is 5.97. The highest BCUT2D eigenvalue weighted by atomic mass is 16.5. The van der Waals surface area contributed by atoms with Gasteiger partial charge in [-0.1, -0.05) is 19.8 Å². The molecule has 0 aromatic carbocycles. The summed E-state index contributed by atoms with van der Waals surface area (Å²) in [6.45, 7) is 5.97. The van der Waals surface area contributed by atoms with Gasteiger partial charge in [0.05, 0.1) is 6.20 Å². The average Bonchev–Trinajstić information content (AvgIpc) is 2.48. The Labute approximate surface area is 124 Å². The number of hydrogen-bond donors (Lipinski definition) is 1. The molecule has 0 aliphatic heterocycles. The van der Waals surface area contributed by atoms with E-state index in [1.165, 1.54) is 0 Å². The van der Waals surface area contributed by atoms with Gasteiger partial charge in [0.2, 0.25) is 0 Å². The predicted octanol–water partition coefficient (Wildman–Crippen LogP) is 3.12. The molecule has 0 saturated heterocycles. The number of aromatic nitrogens is 3. The Morgan fingerprint density at radius 3 is 2.62 bits per heavy atom. The number of pyridine rings is 1. The zero-order valence-electron chi connectivity index (χ0n) is 12.6. The number of ether oxygens (including phenoxy) is 1. The van der Waals surface area contributed by atoms with Crippen LogP contribution in [0.4, 0.5) is 5.82 Å². The molecule has 0 bridgehead atoms. The van der Waals surface area contributed by atoms with E-state index in [9.17, 15) is 0 Å². The van der Waals surface area contributed by atoms with E-state index in [0.29, 0.717) is 28.8 Å². The van der Waals surface area contributed by atoms with Crippen molar-refractivity contribution in [3.8, 4) is 23.8 Å². The summed E-state index contributed by atoms with van der Waals surface area (Å²) in [7, 11) is 1.79. The van der Waals surface area contributed by atoms with Crippen LogP contribution < -0.4 is 10.1 Å². The van der Waals surface area contributed by atoms with E-state index in [2.05, 4.69) is 40.0 Å². The molecule has 0 atom stereocenters. The molecule has 0 radical (unpaired) electrons. The lowest BCUT2D eigenvalue weighted by atomic mass is 10.0. The van der Waals surface area contributed by atoms with Crippen molar-refractivity contribution in [1.82, 2.24) is 15.0 Å². The molecule has 2 heterocycles. The van der Waals surface area contributed by atoms with Gasteiger partial charge in [-0.3, -0.25) is 0 Å². The van der Waals surface area contributed by atoms with E-state index in [1.54, 1.807) is 25.5 Å². The molecular formula is C16H18N4O. The fraction of sp³-hybridized carbons (Fsp3) is 0.312. The summed E-state index contributed by atoms with van der Waals surface area (Å²) in [5, 5.41) is 3.00. The smallest absolute Gasteiger partial charge is 0.187 e. The van der Waals surface area contributed by atoms with Crippen molar-refractivity contribution >= 4 is 5.82 Å².